The number of aliphatic carboxylic acids is 1. The number of fused-ring (bicyclic) bond motifs is 3. The van der Waals surface area contributed by atoms with Gasteiger partial charge in [0.2, 0.25) is 5.91 Å². The molecule has 4 rings (SSSR count). The average molecular weight is 497 g/mol. The first-order chi connectivity index (χ1) is 16.9. The largest absolute Gasteiger partial charge is 0.480 e. The van der Waals surface area contributed by atoms with E-state index in [-0.39, 0.29) is 30.2 Å². The summed E-state index contributed by atoms with van der Waals surface area (Å²) in [6.45, 7) is 4.11. The highest BCUT2D eigenvalue weighted by molar-refractivity contribution is 8.00. The highest BCUT2D eigenvalue weighted by atomic mass is 32.2. The lowest BCUT2D eigenvalue weighted by Gasteiger charge is -2.29. The van der Waals surface area contributed by atoms with E-state index in [1.165, 1.54) is 16.7 Å². The number of alkyl carbamates (subject to hydrolysis) is 1. The van der Waals surface area contributed by atoms with Gasteiger partial charge in [0, 0.05) is 24.1 Å². The molecule has 1 aliphatic carbocycles. The van der Waals surface area contributed by atoms with Crippen LogP contribution in [0.15, 0.2) is 48.5 Å². The topological polar surface area (TPSA) is 95.9 Å². The minimum atomic E-state index is -0.984. The lowest BCUT2D eigenvalue weighted by Crippen LogP contribution is -2.48. The Morgan fingerprint density at radius 3 is 2.29 bits per heavy atom. The van der Waals surface area contributed by atoms with E-state index in [2.05, 4.69) is 29.6 Å². The Balaban J connectivity index is 1.37. The number of rotatable bonds is 9. The van der Waals surface area contributed by atoms with Gasteiger partial charge in [-0.1, -0.05) is 68.8 Å². The van der Waals surface area contributed by atoms with Crippen molar-refractivity contribution >= 4 is 29.7 Å². The number of carbonyl (C=O) groups is 3. The smallest absolute Gasteiger partial charge is 0.407 e. The van der Waals surface area contributed by atoms with Gasteiger partial charge in [0.05, 0.1) is 5.37 Å². The number of nitrogens with zero attached hydrogens (tertiary/aromatic N) is 1. The molecule has 8 heteroatoms. The molecule has 1 fully saturated rings. The van der Waals surface area contributed by atoms with Crippen molar-refractivity contribution in [2.75, 3.05) is 12.4 Å². The Kier molecular flexibility index (Phi) is 8.00. The third kappa shape index (κ3) is 5.32. The molecule has 3 atom stereocenters. The fourth-order valence-corrected chi connectivity index (χ4v) is 6.51. The van der Waals surface area contributed by atoms with Gasteiger partial charge in [0.1, 0.15) is 12.6 Å². The number of carboxylic acids is 1. The van der Waals surface area contributed by atoms with Crippen LogP contribution in [0, 0.1) is 0 Å². The molecule has 35 heavy (non-hydrogen) atoms. The molecule has 186 valence electrons. The van der Waals surface area contributed by atoms with Gasteiger partial charge < -0.3 is 20.1 Å². The van der Waals surface area contributed by atoms with Crippen molar-refractivity contribution in [2.45, 2.75) is 62.9 Å². The average Bonchev–Trinajstić information content (AvgIpc) is 3.42. The lowest BCUT2D eigenvalue weighted by atomic mass is 9.98. The predicted molar refractivity (Wildman–Crippen MR) is 136 cm³/mol. The third-order valence-corrected chi connectivity index (χ3v) is 8.14. The molecular formula is C27H32N2O5S. The fourth-order valence-electron chi connectivity index (χ4n) is 4.98. The maximum absolute atomic E-state index is 13.1. The molecule has 0 aromatic heterocycles. The first-order valence-electron chi connectivity index (χ1n) is 12.2. The second-order valence-corrected chi connectivity index (χ2v) is 10.2. The van der Waals surface area contributed by atoms with Crippen LogP contribution < -0.4 is 5.32 Å². The molecule has 2 aliphatic rings. The summed E-state index contributed by atoms with van der Waals surface area (Å²) in [6.07, 6.45) is 1.63. The van der Waals surface area contributed by atoms with Crippen LogP contribution in [0.3, 0.4) is 0 Å². The molecule has 0 bridgehead atoms. The van der Waals surface area contributed by atoms with Gasteiger partial charge in [-0.15, -0.1) is 11.8 Å². The fraction of sp³-hybridized carbons (Fsp3) is 0.444. The summed E-state index contributed by atoms with van der Waals surface area (Å²) in [5, 5.41) is 12.3. The van der Waals surface area contributed by atoms with Crippen molar-refractivity contribution in [3.05, 3.63) is 59.7 Å². The van der Waals surface area contributed by atoms with Gasteiger partial charge in [-0.3, -0.25) is 4.79 Å². The van der Waals surface area contributed by atoms with Crippen molar-refractivity contribution in [3.8, 4) is 11.1 Å². The third-order valence-electron chi connectivity index (χ3n) is 6.78. The van der Waals surface area contributed by atoms with Gasteiger partial charge in [-0.05, 0) is 35.1 Å². The van der Waals surface area contributed by atoms with Gasteiger partial charge in [0.15, 0.2) is 0 Å². The van der Waals surface area contributed by atoms with Gasteiger partial charge >= 0.3 is 12.1 Å². The summed E-state index contributed by atoms with van der Waals surface area (Å²) in [4.78, 5) is 39.0. The molecule has 2 amide bonds. The number of ether oxygens (including phenoxy) is 1. The molecule has 1 saturated heterocycles. The van der Waals surface area contributed by atoms with Crippen molar-refractivity contribution in [1.29, 1.82) is 0 Å². The first-order valence-corrected chi connectivity index (χ1v) is 13.3. The highest BCUT2D eigenvalue weighted by Crippen LogP contribution is 2.44. The zero-order chi connectivity index (χ0) is 24.9. The van der Waals surface area contributed by atoms with E-state index < -0.39 is 24.1 Å². The van der Waals surface area contributed by atoms with Crippen LogP contribution in [0.5, 0.6) is 0 Å². The van der Waals surface area contributed by atoms with E-state index in [9.17, 15) is 19.5 Å². The monoisotopic (exact) mass is 496 g/mol. The number of carbonyl (C=O) groups excluding carboxylic acids is 2. The van der Waals surface area contributed by atoms with Crippen LogP contribution >= 0.6 is 11.8 Å². The van der Waals surface area contributed by atoms with Crippen LogP contribution in [0.4, 0.5) is 4.79 Å². The van der Waals surface area contributed by atoms with Crippen LogP contribution in [0.25, 0.3) is 11.1 Å². The Hall–Kier alpha value is -3.00. The van der Waals surface area contributed by atoms with Gasteiger partial charge in [-0.25, -0.2) is 9.59 Å². The molecule has 2 N–H and O–H groups in total. The molecule has 0 spiro atoms. The van der Waals surface area contributed by atoms with E-state index in [0.717, 1.165) is 35.1 Å². The summed E-state index contributed by atoms with van der Waals surface area (Å²) >= 11 is 1.51. The minimum absolute atomic E-state index is 0.0392. The Bertz CT molecular complexity index is 1050. The molecule has 2 aromatic carbocycles. The number of benzene rings is 2. The second-order valence-electron chi connectivity index (χ2n) is 9.01. The quantitative estimate of drug-likeness (QED) is 0.515. The molecule has 2 aromatic rings. The van der Waals surface area contributed by atoms with Crippen molar-refractivity contribution in [3.63, 3.8) is 0 Å². The SMILES string of the molecule is CCCC1SCC(C(=O)O)N1C(=O)C[C@@H](CC)NC(=O)OCC1c2ccccc2-c2ccccc21. The summed E-state index contributed by atoms with van der Waals surface area (Å²) in [5.74, 6) is -0.876. The summed E-state index contributed by atoms with van der Waals surface area (Å²) in [5.41, 5.74) is 4.59. The maximum atomic E-state index is 13.1. The first kappa shape index (κ1) is 25.1. The molecule has 1 aliphatic heterocycles. The van der Waals surface area contributed by atoms with Gasteiger partial charge in [-0.2, -0.15) is 0 Å². The lowest BCUT2D eigenvalue weighted by molar-refractivity contribution is -0.149. The molecule has 0 saturated carbocycles. The van der Waals surface area contributed by atoms with Gasteiger partial charge in [0.25, 0.3) is 0 Å². The van der Waals surface area contributed by atoms with E-state index in [1.54, 1.807) is 0 Å². The Morgan fingerprint density at radius 1 is 1.09 bits per heavy atom. The summed E-state index contributed by atoms with van der Waals surface area (Å²) in [6, 6.07) is 15.0. The minimum Gasteiger partial charge on any atom is -0.480 e. The molecule has 1 heterocycles. The Labute approximate surface area is 210 Å². The number of nitrogens with one attached hydrogen (secondary N) is 1. The van der Waals surface area contributed by atoms with Crippen molar-refractivity contribution in [2.24, 2.45) is 0 Å². The zero-order valence-corrected chi connectivity index (χ0v) is 20.9. The van der Waals surface area contributed by atoms with Crippen molar-refractivity contribution < 1.29 is 24.2 Å². The maximum Gasteiger partial charge on any atom is 0.407 e. The number of hydrogen-bond acceptors (Lipinski definition) is 5. The van der Waals surface area contributed by atoms with E-state index in [1.807, 2.05) is 38.1 Å². The molecule has 7 nitrogen and oxygen atoms in total. The highest BCUT2D eigenvalue weighted by Gasteiger charge is 2.41. The normalized spacial score (nSPS) is 19.7. The van der Waals surface area contributed by atoms with E-state index in [4.69, 9.17) is 4.74 Å². The predicted octanol–water partition coefficient (Wildman–Crippen LogP) is 4.85. The van der Waals surface area contributed by atoms with E-state index >= 15 is 0 Å². The molecule has 2 unspecified atom stereocenters. The van der Waals surface area contributed by atoms with E-state index in [0.29, 0.717) is 12.2 Å². The number of amides is 2. The standard InChI is InChI=1S/C27H32N2O5S/c1-3-9-25-29(23(16-35-25)26(31)32)24(30)14-17(4-2)28-27(33)34-15-22-20-12-7-5-10-18(20)19-11-6-8-13-21(19)22/h5-8,10-13,17,22-23,25H,3-4,9,14-16H2,1-2H3,(H,28,33)(H,31,32)/t17-,23?,25?/m1/s1. The summed E-state index contributed by atoms with van der Waals surface area (Å²) in [7, 11) is 0. The number of hydrogen-bond donors (Lipinski definition) is 2. The van der Waals surface area contributed by atoms with Crippen LogP contribution in [0.1, 0.15) is 56.6 Å². The zero-order valence-electron chi connectivity index (χ0n) is 20.1. The van der Waals surface area contributed by atoms with Crippen LogP contribution in [-0.4, -0.2) is 57.8 Å². The number of carboxylic acid groups (broad SMARTS) is 1. The van der Waals surface area contributed by atoms with Crippen molar-refractivity contribution in [1.82, 2.24) is 10.2 Å². The number of thioether (sulfide) groups is 1. The molecule has 0 radical (unpaired) electrons. The van der Waals surface area contributed by atoms with Crippen LogP contribution in [0.2, 0.25) is 0 Å². The van der Waals surface area contributed by atoms with Crippen LogP contribution in [-0.2, 0) is 14.3 Å². The second kappa shape index (κ2) is 11.2. The Morgan fingerprint density at radius 2 is 1.71 bits per heavy atom. The summed E-state index contributed by atoms with van der Waals surface area (Å²) < 4.78 is 5.62. The molecular weight excluding hydrogens is 464 g/mol.